The van der Waals surface area contributed by atoms with E-state index < -0.39 is 17.9 Å². The summed E-state index contributed by atoms with van der Waals surface area (Å²) in [7, 11) is 1.37. The van der Waals surface area contributed by atoms with E-state index in [4.69, 9.17) is 21.4 Å². The highest BCUT2D eigenvalue weighted by Gasteiger charge is 2.21. The zero-order valence-corrected chi connectivity index (χ0v) is 12.1. The van der Waals surface area contributed by atoms with Crippen LogP contribution in [-0.2, 0) is 16.0 Å². The van der Waals surface area contributed by atoms with Crippen LogP contribution in [0.3, 0.4) is 0 Å². The number of pyridine rings is 1. The lowest BCUT2D eigenvalue weighted by Gasteiger charge is -2.14. The molecule has 0 saturated heterocycles. The molecule has 1 rings (SSSR count). The van der Waals surface area contributed by atoms with Gasteiger partial charge in [-0.3, -0.25) is 4.79 Å². The summed E-state index contributed by atoms with van der Waals surface area (Å²) in [6.07, 6.45) is 1.57. The Morgan fingerprint density at radius 3 is 2.75 bits per heavy atom. The van der Waals surface area contributed by atoms with Crippen molar-refractivity contribution in [2.24, 2.45) is 0 Å². The van der Waals surface area contributed by atoms with Crippen LogP contribution in [0.5, 0.6) is 0 Å². The summed E-state index contributed by atoms with van der Waals surface area (Å²) in [6, 6.07) is 1.91. The number of halogens is 1. The maximum Gasteiger partial charge on any atom is 0.328 e. The van der Waals surface area contributed by atoms with Crippen LogP contribution < -0.4 is 5.32 Å². The van der Waals surface area contributed by atoms with Gasteiger partial charge in [-0.1, -0.05) is 24.9 Å². The number of carbonyl (C=O) groups excluding carboxylic acids is 1. The molecule has 1 aromatic heterocycles. The summed E-state index contributed by atoms with van der Waals surface area (Å²) in [5.74, 6) is -1.68. The second kappa shape index (κ2) is 7.81. The van der Waals surface area contributed by atoms with Crippen molar-refractivity contribution in [2.75, 3.05) is 13.7 Å². The maximum atomic E-state index is 12.0. The third kappa shape index (κ3) is 4.79. The zero-order chi connectivity index (χ0) is 15.1. The van der Waals surface area contributed by atoms with Crippen LogP contribution in [0.4, 0.5) is 0 Å². The van der Waals surface area contributed by atoms with Crippen molar-refractivity contribution >= 4 is 23.5 Å². The highest BCUT2D eigenvalue weighted by molar-refractivity contribution is 6.29. The van der Waals surface area contributed by atoms with Gasteiger partial charge in [0.1, 0.15) is 5.15 Å². The molecule has 0 fully saturated rings. The minimum atomic E-state index is -1.16. The van der Waals surface area contributed by atoms with E-state index in [2.05, 4.69) is 10.3 Å². The quantitative estimate of drug-likeness (QED) is 0.745. The Bertz CT molecular complexity index is 493. The van der Waals surface area contributed by atoms with Crippen LogP contribution in [0.2, 0.25) is 5.15 Å². The Kier molecular flexibility index (Phi) is 6.41. The largest absolute Gasteiger partial charge is 0.480 e. The van der Waals surface area contributed by atoms with Gasteiger partial charge in [0, 0.05) is 18.4 Å². The standard InChI is InChI=1S/C13H17ClN2O4/c1-3-4-9-5-8(6-11(14)15-9)12(17)16-10(7-20-2)13(18)19/h5-6,10H,3-4,7H2,1-2H3,(H,16,17)(H,18,19). The SMILES string of the molecule is CCCc1cc(C(=O)NC(COC)C(=O)O)cc(Cl)n1. The van der Waals surface area contributed by atoms with Gasteiger partial charge in [-0.25, -0.2) is 9.78 Å². The van der Waals surface area contributed by atoms with Crippen LogP contribution in [0.25, 0.3) is 0 Å². The number of amides is 1. The molecule has 0 bridgehead atoms. The normalized spacial score (nSPS) is 11.9. The molecule has 0 aromatic carbocycles. The predicted molar refractivity (Wildman–Crippen MR) is 74.0 cm³/mol. The average Bonchev–Trinajstić information content (AvgIpc) is 2.37. The minimum Gasteiger partial charge on any atom is -0.480 e. The fourth-order valence-electron chi connectivity index (χ4n) is 1.65. The molecule has 0 radical (unpaired) electrons. The Morgan fingerprint density at radius 1 is 1.50 bits per heavy atom. The highest BCUT2D eigenvalue weighted by atomic mass is 35.5. The van der Waals surface area contributed by atoms with Gasteiger partial charge in [0.05, 0.1) is 6.61 Å². The number of aromatic nitrogens is 1. The number of ether oxygens (including phenoxy) is 1. The van der Waals surface area contributed by atoms with Gasteiger partial charge in [0.25, 0.3) is 5.91 Å². The Morgan fingerprint density at radius 2 is 2.20 bits per heavy atom. The van der Waals surface area contributed by atoms with E-state index in [-0.39, 0.29) is 17.3 Å². The lowest BCUT2D eigenvalue weighted by molar-refractivity contribution is -0.140. The van der Waals surface area contributed by atoms with Crippen LogP contribution in [0.15, 0.2) is 12.1 Å². The lowest BCUT2D eigenvalue weighted by Crippen LogP contribution is -2.43. The smallest absolute Gasteiger partial charge is 0.328 e. The Hall–Kier alpha value is -1.66. The molecule has 1 heterocycles. The zero-order valence-electron chi connectivity index (χ0n) is 11.4. The van der Waals surface area contributed by atoms with Crippen LogP contribution >= 0.6 is 11.6 Å². The first-order valence-corrected chi connectivity index (χ1v) is 6.54. The summed E-state index contributed by atoms with van der Waals surface area (Å²) >= 11 is 5.86. The van der Waals surface area contributed by atoms with E-state index in [9.17, 15) is 9.59 Å². The fraction of sp³-hybridized carbons (Fsp3) is 0.462. The highest BCUT2D eigenvalue weighted by Crippen LogP contribution is 2.12. The van der Waals surface area contributed by atoms with Crippen molar-refractivity contribution in [3.8, 4) is 0 Å². The number of carbonyl (C=O) groups is 2. The molecule has 0 saturated carbocycles. The summed E-state index contributed by atoms with van der Waals surface area (Å²) in [4.78, 5) is 27.1. The number of aliphatic carboxylic acids is 1. The molecule has 0 aliphatic rings. The molecule has 2 N–H and O–H groups in total. The molecule has 0 aliphatic carbocycles. The number of aryl methyl sites for hydroxylation is 1. The first kappa shape index (κ1) is 16.4. The molecule has 1 amide bonds. The molecule has 20 heavy (non-hydrogen) atoms. The number of nitrogens with zero attached hydrogens (tertiary/aromatic N) is 1. The maximum absolute atomic E-state index is 12.0. The monoisotopic (exact) mass is 300 g/mol. The van der Waals surface area contributed by atoms with E-state index in [0.29, 0.717) is 12.1 Å². The van der Waals surface area contributed by atoms with Crippen molar-refractivity contribution in [2.45, 2.75) is 25.8 Å². The molecule has 110 valence electrons. The number of rotatable bonds is 7. The van der Waals surface area contributed by atoms with Crippen molar-refractivity contribution in [1.29, 1.82) is 0 Å². The van der Waals surface area contributed by atoms with E-state index in [0.717, 1.165) is 6.42 Å². The first-order chi connectivity index (χ1) is 9.47. The van der Waals surface area contributed by atoms with E-state index in [1.807, 2.05) is 6.92 Å². The van der Waals surface area contributed by atoms with Gasteiger partial charge >= 0.3 is 5.97 Å². The van der Waals surface area contributed by atoms with Crippen molar-refractivity contribution in [3.05, 3.63) is 28.5 Å². The number of hydrogen-bond donors (Lipinski definition) is 2. The van der Waals surface area contributed by atoms with E-state index in [1.165, 1.54) is 13.2 Å². The van der Waals surface area contributed by atoms with Gasteiger partial charge in [0.15, 0.2) is 6.04 Å². The molecular weight excluding hydrogens is 284 g/mol. The van der Waals surface area contributed by atoms with E-state index in [1.54, 1.807) is 6.07 Å². The molecule has 0 spiro atoms. The van der Waals surface area contributed by atoms with Crippen LogP contribution in [-0.4, -0.2) is 41.7 Å². The molecule has 0 aliphatic heterocycles. The number of carboxylic acid groups (broad SMARTS) is 1. The second-order valence-electron chi connectivity index (χ2n) is 4.24. The molecule has 6 nitrogen and oxygen atoms in total. The van der Waals surface area contributed by atoms with Gasteiger partial charge in [-0.05, 0) is 18.6 Å². The van der Waals surface area contributed by atoms with Crippen molar-refractivity contribution in [1.82, 2.24) is 10.3 Å². The Balaban J connectivity index is 2.88. The molecular formula is C13H17ClN2O4. The average molecular weight is 301 g/mol. The van der Waals surface area contributed by atoms with Crippen LogP contribution in [0, 0.1) is 0 Å². The van der Waals surface area contributed by atoms with Crippen molar-refractivity contribution < 1.29 is 19.4 Å². The fourth-order valence-corrected chi connectivity index (χ4v) is 1.88. The summed E-state index contributed by atoms with van der Waals surface area (Å²) < 4.78 is 4.75. The third-order valence-corrected chi connectivity index (χ3v) is 2.75. The van der Waals surface area contributed by atoms with Crippen molar-refractivity contribution in [3.63, 3.8) is 0 Å². The molecule has 1 unspecified atom stereocenters. The minimum absolute atomic E-state index is 0.109. The second-order valence-corrected chi connectivity index (χ2v) is 4.63. The molecule has 1 atom stereocenters. The lowest BCUT2D eigenvalue weighted by atomic mass is 10.1. The number of carboxylic acids is 1. The summed E-state index contributed by atoms with van der Waals surface area (Å²) in [5, 5.41) is 11.5. The number of nitrogens with one attached hydrogen (secondary N) is 1. The summed E-state index contributed by atoms with van der Waals surface area (Å²) in [6.45, 7) is 1.88. The molecule has 1 aromatic rings. The van der Waals surface area contributed by atoms with Crippen LogP contribution in [0.1, 0.15) is 29.4 Å². The molecule has 7 heteroatoms. The van der Waals surface area contributed by atoms with Gasteiger partial charge in [-0.2, -0.15) is 0 Å². The predicted octanol–water partition coefficient (Wildman–Crippen LogP) is 1.52. The Labute approximate surface area is 122 Å². The summed E-state index contributed by atoms with van der Waals surface area (Å²) in [5.41, 5.74) is 0.986. The number of methoxy groups -OCH3 is 1. The third-order valence-electron chi connectivity index (χ3n) is 2.55. The first-order valence-electron chi connectivity index (χ1n) is 6.17. The van der Waals surface area contributed by atoms with Gasteiger partial charge in [0.2, 0.25) is 0 Å². The van der Waals surface area contributed by atoms with Gasteiger partial charge in [-0.15, -0.1) is 0 Å². The van der Waals surface area contributed by atoms with Gasteiger partial charge < -0.3 is 15.2 Å². The van der Waals surface area contributed by atoms with E-state index >= 15 is 0 Å². The number of hydrogen-bond acceptors (Lipinski definition) is 4. The topological polar surface area (TPSA) is 88.5 Å².